The van der Waals surface area contributed by atoms with E-state index in [1.165, 1.54) is 12.1 Å². The number of amides is 1. The Morgan fingerprint density at radius 1 is 1.19 bits per heavy atom. The van der Waals surface area contributed by atoms with Crippen molar-refractivity contribution in [2.45, 2.75) is 39.3 Å². The molecular weight excluding hydrogens is 341 g/mol. The minimum atomic E-state index is -0.248. The van der Waals surface area contributed by atoms with E-state index in [1.54, 1.807) is 12.1 Å². The van der Waals surface area contributed by atoms with Crippen LogP contribution in [0.25, 0.3) is 0 Å². The van der Waals surface area contributed by atoms with Gasteiger partial charge in [-0.3, -0.25) is 9.78 Å². The van der Waals surface area contributed by atoms with Crippen molar-refractivity contribution in [2.75, 3.05) is 19.6 Å². The van der Waals surface area contributed by atoms with E-state index < -0.39 is 0 Å². The molecule has 1 atom stereocenters. The Morgan fingerprint density at radius 2 is 1.96 bits per heavy atom. The fraction of sp³-hybridized carbons (Fsp3) is 0.455. The molecular formula is C22H28FN3O. The van der Waals surface area contributed by atoms with Crippen molar-refractivity contribution in [3.8, 4) is 0 Å². The molecule has 1 aromatic carbocycles. The first kappa shape index (κ1) is 19.5. The number of rotatable bonds is 6. The van der Waals surface area contributed by atoms with Crippen molar-refractivity contribution >= 4 is 5.91 Å². The maximum absolute atomic E-state index is 13.2. The third kappa shape index (κ3) is 5.36. The Bertz CT molecular complexity index is 733. The molecule has 1 aromatic heterocycles. The Morgan fingerprint density at radius 3 is 2.63 bits per heavy atom. The number of halogens is 1. The molecule has 144 valence electrons. The molecule has 0 aliphatic carbocycles. The second kappa shape index (κ2) is 9.09. The van der Waals surface area contributed by atoms with Gasteiger partial charge in [0, 0.05) is 57.0 Å². The molecule has 0 N–H and O–H groups in total. The third-order valence-electron chi connectivity index (χ3n) is 5.25. The highest BCUT2D eigenvalue weighted by atomic mass is 19.1. The van der Waals surface area contributed by atoms with Crippen LogP contribution in [0.3, 0.4) is 0 Å². The van der Waals surface area contributed by atoms with Crippen LogP contribution in [0.5, 0.6) is 0 Å². The lowest BCUT2D eigenvalue weighted by Gasteiger charge is -2.35. The van der Waals surface area contributed by atoms with Crippen LogP contribution < -0.4 is 0 Å². The summed E-state index contributed by atoms with van der Waals surface area (Å²) in [4.78, 5) is 21.6. The summed E-state index contributed by atoms with van der Waals surface area (Å²) in [6, 6.07) is 12.6. The molecule has 3 rings (SSSR count). The summed E-state index contributed by atoms with van der Waals surface area (Å²) in [6.07, 6.45) is 3.23. The van der Waals surface area contributed by atoms with Crippen LogP contribution in [-0.4, -0.2) is 46.4 Å². The quantitative estimate of drug-likeness (QED) is 0.782. The fourth-order valence-corrected chi connectivity index (χ4v) is 3.62. The van der Waals surface area contributed by atoms with Crippen molar-refractivity contribution in [1.82, 2.24) is 14.8 Å². The van der Waals surface area contributed by atoms with E-state index in [1.807, 2.05) is 29.3 Å². The van der Waals surface area contributed by atoms with Crippen LogP contribution in [0.15, 0.2) is 48.7 Å². The average molecular weight is 369 g/mol. The Kier molecular flexibility index (Phi) is 6.56. The van der Waals surface area contributed by atoms with Crippen LogP contribution in [0.4, 0.5) is 4.39 Å². The lowest BCUT2D eigenvalue weighted by molar-refractivity contribution is -0.134. The molecule has 27 heavy (non-hydrogen) atoms. The highest BCUT2D eigenvalue weighted by molar-refractivity contribution is 5.77. The summed E-state index contributed by atoms with van der Waals surface area (Å²) in [6.45, 7) is 7.40. The molecule has 2 heterocycles. The number of benzene rings is 1. The molecule has 2 aromatic rings. The minimum absolute atomic E-state index is 0.147. The largest absolute Gasteiger partial charge is 0.334 e. The lowest BCUT2D eigenvalue weighted by atomic mass is 10.0. The number of hydrogen-bond acceptors (Lipinski definition) is 3. The maximum atomic E-state index is 13.2. The topological polar surface area (TPSA) is 36.4 Å². The summed E-state index contributed by atoms with van der Waals surface area (Å²) in [5, 5.41) is 0. The highest BCUT2D eigenvalue weighted by Crippen LogP contribution is 2.21. The van der Waals surface area contributed by atoms with E-state index in [-0.39, 0.29) is 17.8 Å². The summed E-state index contributed by atoms with van der Waals surface area (Å²) < 4.78 is 13.2. The van der Waals surface area contributed by atoms with Gasteiger partial charge in [-0.25, -0.2) is 4.39 Å². The molecule has 1 aliphatic rings. The van der Waals surface area contributed by atoms with Gasteiger partial charge in [-0.05, 0) is 35.7 Å². The zero-order valence-corrected chi connectivity index (χ0v) is 16.1. The predicted molar refractivity (Wildman–Crippen MR) is 105 cm³/mol. The van der Waals surface area contributed by atoms with E-state index in [4.69, 9.17) is 0 Å². The normalized spacial score (nSPS) is 18.7. The van der Waals surface area contributed by atoms with E-state index in [9.17, 15) is 9.18 Å². The summed E-state index contributed by atoms with van der Waals surface area (Å²) in [5.74, 6) is 0.283. The SMILES string of the molecule is CC(C)C1CN(CCc2ccccn2)CCC(=O)N1Cc1ccc(F)cc1. The van der Waals surface area contributed by atoms with Gasteiger partial charge in [-0.15, -0.1) is 0 Å². The van der Waals surface area contributed by atoms with Gasteiger partial charge in [0.2, 0.25) is 5.91 Å². The summed E-state index contributed by atoms with van der Waals surface area (Å²) >= 11 is 0. The number of carbonyl (C=O) groups excluding carboxylic acids is 1. The predicted octanol–water partition coefficient (Wildman–Crippen LogP) is 3.52. The van der Waals surface area contributed by atoms with E-state index in [0.29, 0.717) is 18.9 Å². The van der Waals surface area contributed by atoms with Gasteiger partial charge >= 0.3 is 0 Å². The number of aromatic nitrogens is 1. The van der Waals surface area contributed by atoms with Crippen LogP contribution in [-0.2, 0) is 17.8 Å². The second-order valence-corrected chi connectivity index (χ2v) is 7.58. The van der Waals surface area contributed by atoms with E-state index in [2.05, 4.69) is 23.7 Å². The molecule has 0 saturated carbocycles. The monoisotopic (exact) mass is 369 g/mol. The highest BCUT2D eigenvalue weighted by Gasteiger charge is 2.31. The number of nitrogens with zero attached hydrogens (tertiary/aromatic N) is 3. The van der Waals surface area contributed by atoms with Crippen molar-refractivity contribution < 1.29 is 9.18 Å². The number of hydrogen-bond donors (Lipinski definition) is 0. The van der Waals surface area contributed by atoms with Crippen molar-refractivity contribution in [2.24, 2.45) is 5.92 Å². The van der Waals surface area contributed by atoms with Gasteiger partial charge in [0.1, 0.15) is 5.82 Å². The first-order valence-electron chi connectivity index (χ1n) is 9.69. The first-order chi connectivity index (χ1) is 13.0. The third-order valence-corrected chi connectivity index (χ3v) is 5.25. The lowest BCUT2D eigenvalue weighted by Crippen LogP contribution is -2.46. The number of pyridine rings is 1. The van der Waals surface area contributed by atoms with Crippen LogP contribution in [0.2, 0.25) is 0 Å². The van der Waals surface area contributed by atoms with E-state index in [0.717, 1.165) is 37.3 Å². The summed E-state index contributed by atoms with van der Waals surface area (Å²) in [5.41, 5.74) is 2.05. The van der Waals surface area contributed by atoms with Gasteiger partial charge in [0.15, 0.2) is 0 Å². The molecule has 1 saturated heterocycles. The number of carbonyl (C=O) groups is 1. The molecule has 1 unspecified atom stereocenters. The molecule has 5 heteroatoms. The van der Waals surface area contributed by atoms with Crippen molar-refractivity contribution in [1.29, 1.82) is 0 Å². The molecule has 0 spiro atoms. The molecule has 4 nitrogen and oxygen atoms in total. The van der Waals surface area contributed by atoms with Gasteiger partial charge in [-0.2, -0.15) is 0 Å². The van der Waals surface area contributed by atoms with Gasteiger partial charge in [-0.1, -0.05) is 32.0 Å². The minimum Gasteiger partial charge on any atom is -0.334 e. The molecule has 0 bridgehead atoms. The molecule has 0 radical (unpaired) electrons. The Hall–Kier alpha value is -2.27. The molecule has 1 amide bonds. The van der Waals surface area contributed by atoms with Crippen LogP contribution in [0.1, 0.15) is 31.5 Å². The van der Waals surface area contributed by atoms with Crippen LogP contribution in [0, 0.1) is 11.7 Å². The summed E-state index contributed by atoms with van der Waals surface area (Å²) in [7, 11) is 0. The van der Waals surface area contributed by atoms with Crippen LogP contribution >= 0.6 is 0 Å². The molecule has 1 fully saturated rings. The standard InChI is InChI=1S/C22H28FN3O/c1-17(2)21-16-25(13-10-20-5-3-4-12-24-20)14-11-22(27)26(21)15-18-6-8-19(23)9-7-18/h3-9,12,17,21H,10-11,13-16H2,1-2H3. The average Bonchev–Trinajstić information content (AvgIpc) is 2.82. The van der Waals surface area contributed by atoms with Crippen molar-refractivity contribution in [3.05, 3.63) is 65.7 Å². The molecule has 1 aliphatic heterocycles. The van der Waals surface area contributed by atoms with Crippen molar-refractivity contribution in [3.63, 3.8) is 0 Å². The van der Waals surface area contributed by atoms with Gasteiger partial charge in [0.05, 0.1) is 0 Å². The van der Waals surface area contributed by atoms with Gasteiger partial charge < -0.3 is 9.80 Å². The Balaban J connectivity index is 1.69. The van der Waals surface area contributed by atoms with Gasteiger partial charge in [0.25, 0.3) is 0 Å². The first-order valence-corrected chi connectivity index (χ1v) is 9.69. The van der Waals surface area contributed by atoms with E-state index >= 15 is 0 Å². The zero-order chi connectivity index (χ0) is 19.2. The smallest absolute Gasteiger partial charge is 0.224 e. The zero-order valence-electron chi connectivity index (χ0n) is 16.1. The second-order valence-electron chi connectivity index (χ2n) is 7.58. The Labute approximate surface area is 161 Å². The maximum Gasteiger partial charge on any atom is 0.224 e. The fourth-order valence-electron chi connectivity index (χ4n) is 3.62.